The van der Waals surface area contributed by atoms with Gasteiger partial charge in [0.05, 0.1) is 13.2 Å². The molecule has 0 radical (unpaired) electrons. The number of likely N-dealkylation sites (N-methyl/N-ethyl adjacent to an activating group) is 1. The van der Waals surface area contributed by atoms with Gasteiger partial charge in [0, 0.05) is 18.5 Å². The van der Waals surface area contributed by atoms with Crippen LogP contribution in [0.2, 0.25) is 0 Å². The number of hydrogen-bond acceptors (Lipinski definition) is 4. The van der Waals surface area contributed by atoms with Crippen LogP contribution in [0.5, 0.6) is 0 Å². The molecule has 0 saturated carbocycles. The van der Waals surface area contributed by atoms with Crippen LogP contribution in [0.15, 0.2) is 0 Å². The van der Waals surface area contributed by atoms with Crippen molar-refractivity contribution in [2.45, 2.75) is 45.3 Å². The number of nitrogens with zero attached hydrogens (tertiary/aromatic N) is 1. The highest BCUT2D eigenvalue weighted by Crippen LogP contribution is 2.12. The van der Waals surface area contributed by atoms with E-state index in [0.29, 0.717) is 13.0 Å². The molecule has 0 amide bonds. The van der Waals surface area contributed by atoms with Crippen molar-refractivity contribution in [3.8, 4) is 0 Å². The fourth-order valence-electron chi connectivity index (χ4n) is 1.07. The SMILES string of the molecule is COC(=O)CCC(O)CN(C)C(C)(C)C. The normalized spacial score (nSPS) is 14.1. The minimum absolute atomic E-state index is 0.0340. The molecule has 0 spiro atoms. The summed E-state index contributed by atoms with van der Waals surface area (Å²) in [5.74, 6) is -0.271. The van der Waals surface area contributed by atoms with Crippen LogP contribution < -0.4 is 0 Å². The number of esters is 1. The predicted molar refractivity (Wildman–Crippen MR) is 59.6 cm³/mol. The minimum Gasteiger partial charge on any atom is -0.469 e. The van der Waals surface area contributed by atoms with Gasteiger partial charge >= 0.3 is 5.97 Å². The molecule has 0 aromatic carbocycles. The standard InChI is InChI=1S/C11H23NO3/c1-11(2,3)12(4)8-9(13)6-7-10(14)15-5/h9,13H,6-8H2,1-5H3. The molecule has 4 nitrogen and oxygen atoms in total. The third-order valence-corrected chi connectivity index (χ3v) is 2.54. The lowest BCUT2D eigenvalue weighted by molar-refractivity contribution is -0.141. The maximum Gasteiger partial charge on any atom is 0.305 e. The van der Waals surface area contributed by atoms with E-state index in [0.717, 1.165) is 0 Å². The van der Waals surface area contributed by atoms with E-state index in [2.05, 4.69) is 30.4 Å². The lowest BCUT2D eigenvalue weighted by Gasteiger charge is -2.33. The molecule has 4 heteroatoms. The summed E-state index contributed by atoms with van der Waals surface area (Å²) in [4.78, 5) is 12.9. The molecule has 90 valence electrons. The van der Waals surface area contributed by atoms with Gasteiger partial charge in [-0.15, -0.1) is 0 Å². The smallest absolute Gasteiger partial charge is 0.305 e. The van der Waals surface area contributed by atoms with Crippen molar-refractivity contribution in [1.82, 2.24) is 4.90 Å². The Hall–Kier alpha value is -0.610. The molecule has 0 aromatic rings. The topological polar surface area (TPSA) is 49.8 Å². The zero-order valence-corrected chi connectivity index (χ0v) is 10.4. The number of ether oxygens (including phenoxy) is 1. The van der Waals surface area contributed by atoms with E-state index in [1.165, 1.54) is 7.11 Å². The lowest BCUT2D eigenvalue weighted by atomic mass is 10.1. The maximum absolute atomic E-state index is 10.9. The van der Waals surface area contributed by atoms with Gasteiger partial charge < -0.3 is 9.84 Å². The van der Waals surface area contributed by atoms with E-state index in [9.17, 15) is 9.90 Å². The van der Waals surface area contributed by atoms with Gasteiger partial charge in [0.2, 0.25) is 0 Å². The first-order valence-electron chi connectivity index (χ1n) is 5.23. The number of methoxy groups -OCH3 is 1. The van der Waals surface area contributed by atoms with Gasteiger partial charge in [0.15, 0.2) is 0 Å². The first-order chi connectivity index (χ1) is 6.77. The first-order valence-corrected chi connectivity index (χ1v) is 5.23. The van der Waals surface area contributed by atoms with Crippen LogP contribution >= 0.6 is 0 Å². The van der Waals surface area contributed by atoms with E-state index in [1.807, 2.05) is 7.05 Å². The first kappa shape index (κ1) is 14.4. The molecule has 0 bridgehead atoms. The second-order valence-electron chi connectivity index (χ2n) is 4.82. The van der Waals surface area contributed by atoms with Crippen molar-refractivity contribution in [1.29, 1.82) is 0 Å². The third kappa shape index (κ3) is 6.47. The van der Waals surface area contributed by atoms with Gasteiger partial charge in [-0.05, 0) is 34.2 Å². The largest absolute Gasteiger partial charge is 0.469 e. The number of aliphatic hydroxyl groups is 1. The number of carbonyl (C=O) groups is 1. The summed E-state index contributed by atoms with van der Waals surface area (Å²) in [6.07, 6.45) is 0.247. The highest BCUT2D eigenvalue weighted by molar-refractivity contribution is 5.69. The Morgan fingerprint density at radius 2 is 2.00 bits per heavy atom. The predicted octanol–water partition coefficient (Wildman–Crippen LogP) is 1.03. The van der Waals surface area contributed by atoms with Crippen LogP contribution in [0.25, 0.3) is 0 Å². The molecule has 1 N–H and O–H groups in total. The molecule has 0 saturated heterocycles. The van der Waals surface area contributed by atoms with Crippen molar-refractivity contribution in [2.75, 3.05) is 20.7 Å². The van der Waals surface area contributed by atoms with Crippen LogP contribution in [0.4, 0.5) is 0 Å². The van der Waals surface area contributed by atoms with Gasteiger partial charge in [-0.2, -0.15) is 0 Å². The number of aliphatic hydroxyl groups excluding tert-OH is 1. The lowest BCUT2D eigenvalue weighted by Crippen LogP contribution is -2.42. The van der Waals surface area contributed by atoms with Crippen LogP contribution in [-0.4, -0.2) is 48.3 Å². The summed E-state index contributed by atoms with van der Waals surface area (Å²) in [5.41, 5.74) is 0.0340. The molecular weight excluding hydrogens is 194 g/mol. The summed E-state index contributed by atoms with van der Waals surface area (Å²) in [5, 5.41) is 9.68. The Balaban J connectivity index is 3.84. The fourth-order valence-corrected chi connectivity index (χ4v) is 1.07. The second-order valence-corrected chi connectivity index (χ2v) is 4.82. The van der Waals surface area contributed by atoms with Gasteiger partial charge in [-0.3, -0.25) is 9.69 Å². The summed E-state index contributed by atoms with van der Waals surface area (Å²) >= 11 is 0. The third-order valence-electron chi connectivity index (χ3n) is 2.54. The van der Waals surface area contributed by atoms with E-state index >= 15 is 0 Å². The fraction of sp³-hybridized carbons (Fsp3) is 0.909. The highest BCUT2D eigenvalue weighted by atomic mass is 16.5. The summed E-state index contributed by atoms with van der Waals surface area (Å²) in [6, 6.07) is 0. The zero-order chi connectivity index (χ0) is 12.1. The van der Waals surface area contributed by atoms with Crippen molar-refractivity contribution in [2.24, 2.45) is 0 Å². The molecule has 1 unspecified atom stereocenters. The summed E-state index contributed by atoms with van der Waals surface area (Å²) < 4.78 is 4.51. The monoisotopic (exact) mass is 217 g/mol. The molecule has 1 atom stereocenters. The number of carbonyl (C=O) groups excluding carboxylic acids is 1. The Morgan fingerprint density at radius 3 is 2.40 bits per heavy atom. The number of rotatable bonds is 5. The summed E-state index contributed by atoms with van der Waals surface area (Å²) in [6.45, 7) is 6.82. The Labute approximate surface area is 92.2 Å². The van der Waals surface area contributed by atoms with Crippen molar-refractivity contribution >= 4 is 5.97 Å². The van der Waals surface area contributed by atoms with Crippen LogP contribution in [-0.2, 0) is 9.53 Å². The Bertz CT molecular complexity index is 198. The van der Waals surface area contributed by atoms with Gasteiger partial charge in [-0.25, -0.2) is 0 Å². The summed E-state index contributed by atoms with van der Waals surface area (Å²) in [7, 11) is 3.32. The molecule has 0 rings (SSSR count). The molecule has 0 aliphatic rings. The van der Waals surface area contributed by atoms with E-state index < -0.39 is 6.10 Å². The quantitative estimate of drug-likeness (QED) is 0.699. The average molecular weight is 217 g/mol. The van der Waals surface area contributed by atoms with E-state index in [1.54, 1.807) is 0 Å². The molecule has 0 fully saturated rings. The number of hydrogen-bond donors (Lipinski definition) is 1. The van der Waals surface area contributed by atoms with Crippen LogP contribution in [0.3, 0.4) is 0 Å². The molecular formula is C11H23NO3. The Morgan fingerprint density at radius 1 is 1.47 bits per heavy atom. The average Bonchev–Trinajstić information content (AvgIpc) is 2.12. The van der Waals surface area contributed by atoms with Gasteiger partial charge in [-0.1, -0.05) is 0 Å². The van der Waals surface area contributed by atoms with Crippen molar-refractivity contribution in [3.05, 3.63) is 0 Å². The molecule has 0 aliphatic heterocycles. The van der Waals surface area contributed by atoms with Gasteiger partial charge in [0.1, 0.15) is 0 Å². The van der Waals surface area contributed by atoms with Crippen LogP contribution in [0.1, 0.15) is 33.6 Å². The Kier molecular flexibility index (Phi) is 5.83. The van der Waals surface area contributed by atoms with Crippen LogP contribution in [0, 0.1) is 0 Å². The second kappa shape index (κ2) is 6.08. The number of β-amino-alcohol motifs (C(OH)–C–C–N with tert-alkyl or cyclic N) is 1. The highest BCUT2D eigenvalue weighted by Gasteiger charge is 2.20. The minimum atomic E-state index is -0.478. The van der Waals surface area contributed by atoms with E-state index in [-0.39, 0.29) is 17.9 Å². The zero-order valence-electron chi connectivity index (χ0n) is 10.4. The van der Waals surface area contributed by atoms with Crippen molar-refractivity contribution < 1.29 is 14.6 Å². The van der Waals surface area contributed by atoms with E-state index in [4.69, 9.17) is 0 Å². The molecule has 15 heavy (non-hydrogen) atoms. The maximum atomic E-state index is 10.9. The van der Waals surface area contributed by atoms with Gasteiger partial charge in [0.25, 0.3) is 0 Å². The molecule has 0 heterocycles. The van der Waals surface area contributed by atoms with Crippen molar-refractivity contribution in [3.63, 3.8) is 0 Å². The molecule has 0 aromatic heterocycles. The molecule has 0 aliphatic carbocycles.